The summed E-state index contributed by atoms with van der Waals surface area (Å²) in [5.41, 5.74) is 0. The number of amides is 2. The molecule has 1 saturated carbocycles. The van der Waals surface area contributed by atoms with E-state index in [0.717, 1.165) is 54.6 Å². The van der Waals surface area contributed by atoms with Crippen LogP contribution in [0.4, 0.5) is 0 Å². The summed E-state index contributed by atoms with van der Waals surface area (Å²) in [6, 6.07) is -0.788. The average molecular weight is 397 g/mol. The van der Waals surface area contributed by atoms with Crippen LogP contribution in [-0.2, 0) is 14.4 Å². The van der Waals surface area contributed by atoms with E-state index in [0.29, 0.717) is 6.42 Å². The fraction of sp³-hybridized carbons (Fsp3) is 0.789. The van der Waals surface area contributed by atoms with E-state index >= 15 is 0 Å². The Balaban J connectivity index is 2.03. The number of likely N-dealkylation sites (N-methyl/N-ethyl adjacent to an activating group) is 1. The number of hydrazone groups is 1. The van der Waals surface area contributed by atoms with Crippen molar-refractivity contribution >= 4 is 34.5 Å². The highest BCUT2D eigenvalue weighted by atomic mass is 32.2. The Labute approximate surface area is 166 Å². The second-order valence-electron chi connectivity index (χ2n) is 7.87. The predicted molar refractivity (Wildman–Crippen MR) is 108 cm³/mol. The van der Waals surface area contributed by atoms with Crippen LogP contribution >= 0.6 is 11.8 Å². The van der Waals surface area contributed by atoms with Crippen LogP contribution in [0.3, 0.4) is 0 Å². The zero-order valence-electron chi connectivity index (χ0n) is 16.9. The summed E-state index contributed by atoms with van der Waals surface area (Å²) in [5, 5.41) is 8.95. The minimum atomic E-state index is -0.788. The maximum atomic E-state index is 12.8. The Kier molecular flexibility index (Phi) is 8.13. The van der Waals surface area contributed by atoms with Crippen molar-refractivity contribution in [1.29, 1.82) is 0 Å². The molecule has 1 heterocycles. The van der Waals surface area contributed by atoms with E-state index in [1.165, 1.54) is 7.05 Å². The Morgan fingerprint density at radius 1 is 1.26 bits per heavy atom. The molecular weight excluding hydrogens is 364 g/mol. The molecule has 2 amide bonds. The molecule has 1 saturated heterocycles. The van der Waals surface area contributed by atoms with Crippen LogP contribution in [0.2, 0.25) is 0 Å². The van der Waals surface area contributed by atoms with Crippen molar-refractivity contribution < 1.29 is 14.4 Å². The first-order chi connectivity index (χ1) is 12.8. The first kappa shape index (κ1) is 21.7. The summed E-state index contributed by atoms with van der Waals surface area (Å²) in [4.78, 5) is 39.9. The first-order valence-corrected chi connectivity index (χ1v) is 10.8. The number of thioether (sulfide) groups is 1. The fourth-order valence-electron chi connectivity index (χ4n) is 3.42. The van der Waals surface area contributed by atoms with Gasteiger partial charge in [0, 0.05) is 32.3 Å². The van der Waals surface area contributed by atoms with Crippen molar-refractivity contribution in [3.8, 4) is 0 Å². The van der Waals surface area contributed by atoms with Gasteiger partial charge in [-0.25, -0.2) is 5.01 Å². The highest BCUT2D eigenvalue weighted by Crippen LogP contribution is 2.24. The number of rotatable bonds is 7. The summed E-state index contributed by atoms with van der Waals surface area (Å²) in [6.45, 7) is 4.82. The molecule has 1 unspecified atom stereocenters. The van der Waals surface area contributed by atoms with Gasteiger partial charge in [-0.1, -0.05) is 44.9 Å². The van der Waals surface area contributed by atoms with Crippen molar-refractivity contribution in [2.45, 2.75) is 58.4 Å². The van der Waals surface area contributed by atoms with Gasteiger partial charge in [-0.15, -0.1) is 5.10 Å². The SMILES string of the molecule is CC(C)CC(NC(=O)C1CCCCC1)C(=O)C(=O)N(C)N=C1SCCN1C. The minimum Gasteiger partial charge on any atom is -0.352 e. The van der Waals surface area contributed by atoms with E-state index in [2.05, 4.69) is 10.4 Å². The molecule has 1 aliphatic carbocycles. The van der Waals surface area contributed by atoms with Crippen LogP contribution in [0.15, 0.2) is 5.10 Å². The third-order valence-electron chi connectivity index (χ3n) is 5.04. The van der Waals surface area contributed by atoms with Crippen molar-refractivity contribution in [2.24, 2.45) is 16.9 Å². The lowest BCUT2D eigenvalue weighted by atomic mass is 9.88. The largest absolute Gasteiger partial charge is 0.352 e. The second kappa shape index (κ2) is 10.1. The molecule has 2 rings (SSSR count). The van der Waals surface area contributed by atoms with Gasteiger partial charge in [-0.05, 0) is 25.2 Å². The van der Waals surface area contributed by atoms with Gasteiger partial charge < -0.3 is 10.2 Å². The van der Waals surface area contributed by atoms with Gasteiger partial charge in [0.15, 0.2) is 5.17 Å². The fourth-order valence-corrected chi connectivity index (χ4v) is 4.46. The number of carbonyl (C=O) groups is 3. The molecule has 2 aliphatic rings. The molecular formula is C19H32N4O3S. The zero-order valence-corrected chi connectivity index (χ0v) is 17.7. The quantitative estimate of drug-likeness (QED) is 0.526. The van der Waals surface area contributed by atoms with Crippen LogP contribution < -0.4 is 5.32 Å². The van der Waals surface area contributed by atoms with Crippen molar-refractivity contribution in [3.63, 3.8) is 0 Å². The number of nitrogens with zero attached hydrogens (tertiary/aromatic N) is 3. The monoisotopic (exact) mass is 396 g/mol. The van der Waals surface area contributed by atoms with E-state index in [1.54, 1.807) is 11.8 Å². The van der Waals surface area contributed by atoms with E-state index < -0.39 is 17.7 Å². The maximum Gasteiger partial charge on any atom is 0.312 e. The van der Waals surface area contributed by atoms with Gasteiger partial charge in [0.1, 0.15) is 0 Å². The zero-order chi connectivity index (χ0) is 20.0. The molecule has 0 radical (unpaired) electrons. The van der Waals surface area contributed by atoms with Crippen molar-refractivity contribution in [3.05, 3.63) is 0 Å². The van der Waals surface area contributed by atoms with E-state index in [9.17, 15) is 14.4 Å². The summed E-state index contributed by atoms with van der Waals surface area (Å²) in [5.74, 6) is -0.312. The molecule has 8 heteroatoms. The molecule has 0 bridgehead atoms. The third-order valence-corrected chi connectivity index (χ3v) is 6.08. The molecule has 0 aromatic carbocycles. The lowest BCUT2D eigenvalue weighted by molar-refractivity contribution is -0.146. The number of carbonyl (C=O) groups excluding carboxylic acids is 3. The molecule has 1 aliphatic heterocycles. The summed E-state index contributed by atoms with van der Waals surface area (Å²) < 4.78 is 0. The number of nitrogens with one attached hydrogen (secondary N) is 1. The van der Waals surface area contributed by atoms with Gasteiger partial charge in [-0.3, -0.25) is 14.4 Å². The number of Topliss-reactive ketones (excluding diaryl/α,β-unsaturated/α-hetero) is 1. The molecule has 2 fully saturated rings. The van der Waals surface area contributed by atoms with Gasteiger partial charge in [0.05, 0.1) is 6.04 Å². The third kappa shape index (κ3) is 6.23. The average Bonchev–Trinajstić information content (AvgIpc) is 3.04. The van der Waals surface area contributed by atoms with Gasteiger partial charge in [0.25, 0.3) is 0 Å². The molecule has 0 spiro atoms. The van der Waals surface area contributed by atoms with Crippen LogP contribution in [0, 0.1) is 11.8 Å². The highest BCUT2D eigenvalue weighted by Gasteiger charge is 2.32. The van der Waals surface area contributed by atoms with Crippen LogP contribution in [0.5, 0.6) is 0 Å². The van der Waals surface area contributed by atoms with Crippen LogP contribution in [0.1, 0.15) is 52.4 Å². The molecule has 1 atom stereocenters. The Hall–Kier alpha value is -1.57. The Bertz CT molecular complexity index is 588. The smallest absolute Gasteiger partial charge is 0.312 e. The Morgan fingerprint density at radius 2 is 1.93 bits per heavy atom. The molecule has 1 N–H and O–H groups in total. The molecule has 0 aromatic rings. The number of amidine groups is 1. The second-order valence-corrected chi connectivity index (χ2v) is 8.93. The first-order valence-electron chi connectivity index (χ1n) is 9.84. The molecule has 0 aromatic heterocycles. The summed E-state index contributed by atoms with van der Waals surface area (Å²) >= 11 is 1.56. The van der Waals surface area contributed by atoms with E-state index in [4.69, 9.17) is 0 Å². The minimum absolute atomic E-state index is 0.0437. The number of hydrogen-bond donors (Lipinski definition) is 1. The predicted octanol–water partition coefficient (Wildman–Crippen LogP) is 2.07. The maximum absolute atomic E-state index is 12.8. The number of hydrogen-bond acceptors (Lipinski definition) is 5. The lowest BCUT2D eigenvalue weighted by Gasteiger charge is -2.25. The molecule has 7 nitrogen and oxygen atoms in total. The van der Waals surface area contributed by atoms with Crippen molar-refractivity contribution in [2.75, 3.05) is 26.4 Å². The molecule has 152 valence electrons. The van der Waals surface area contributed by atoms with Gasteiger partial charge >= 0.3 is 5.91 Å². The summed E-state index contributed by atoms with van der Waals surface area (Å²) in [6.07, 6.45) is 5.42. The summed E-state index contributed by atoms with van der Waals surface area (Å²) in [7, 11) is 3.40. The molecule has 27 heavy (non-hydrogen) atoms. The normalized spacial score (nSPS) is 20.8. The van der Waals surface area contributed by atoms with E-state index in [1.807, 2.05) is 25.8 Å². The van der Waals surface area contributed by atoms with E-state index in [-0.39, 0.29) is 17.7 Å². The van der Waals surface area contributed by atoms with Crippen LogP contribution in [-0.4, -0.2) is 65.1 Å². The highest BCUT2D eigenvalue weighted by molar-refractivity contribution is 8.14. The number of ketones is 1. The van der Waals surface area contributed by atoms with Gasteiger partial charge in [-0.2, -0.15) is 0 Å². The Morgan fingerprint density at radius 3 is 2.48 bits per heavy atom. The van der Waals surface area contributed by atoms with Crippen molar-refractivity contribution in [1.82, 2.24) is 15.2 Å². The van der Waals surface area contributed by atoms with Gasteiger partial charge in [0.2, 0.25) is 11.7 Å². The standard InChI is InChI=1S/C19H32N4O3S/c1-13(2)12-15(20-17(25)14-8-6-5-7-9-14)16(24)18(26)23(4)21-19-22(3)10-11-27-19/h13-15H,5-12H2,1-4H3,(H,20,25). The van der Waals surface area contributed by atoms with Crippen LogP contribution in [0.25, 0.3) is 0 Å². The lowest BCUT2D eigenvalue weighted by Crippen LogP contribution is -2.49. The topological polar surface area (TPSA) is 82.1 Å².